The van der Waals surface area contributed by atoms with Crippen molar-refractivity contribution in [2.24, 2.45) is 5.14 Å². The lowest BCUT2D eigenvalue weighted by Crippen LogP contribution is -2.13. The van der Waals surface area contributed by atoms with E-state index in [9.17, 15) is 13.2 Å². The van der Waals surface area contributed by atoms with Crippen molar-refractivity contribution in [2.45, 2.75) is 11.8 Å². The van der Waals surface area contributed by atoms with E-state index in [1.807, 2.05) is 0 Å². The van der Waals surface area contributed by atoms with Crippen molar-refractivity contribution < 1.29 is 13.2 Å². The second kappa shape index (κ2) is 5.08. The van der Waals surface area contributed by atoms with Crippen LogP contribution in [0, 0.1) is 6.92 Å². The number of carbonyl (C=O) groups excluding carboxylic acids is 1. The minimum Gasteiger partial charge on any atom is -0.321 e. The van der Waals surface area contributed by atoms with Crippen LogP contribution in [0.4, 0.5) is 5.69 Å². The van der Waals surface area contributed by atoms with Crippen LogP contribution in [0.2, 0.25) is 0 Å². The number of rotatable bonds is 3. The zero-order valence-corrected chi connectivity index (χ0v) is 11.6. The van der Waals surface area contributed by atoms with E-state index in [4.69, 9.17) is 5.14 Å². The van der Waals surface area contributed by atoms with Gasteiger partial charge in [-0.3, -0.25) is 4.79 Å². The Bertz CT molecular complexity index is 705. The standard InChI is InChI=1S/C11H11N3O3S2/c1-7-10(18-6-13-7)11(15)14-8-2-4-9(5-3-8)19(12,16)17/h2-6H,1H3,(H,14,15)(H2,12,16,17). The molecular weight excluding hydrogens is 286 g/mol. The largest absolute Gasteiger partial charge is 0.321 e. The maximum Gasteiger partial charge on any atom is 0.267 e. The number of hydrogen-bond donors (Lipinski definition) is 2. The summed E-state index contributed by atoms with van der Waals surface area (Å²) in [6, 6.07) is 5.64. The number of aryl methyl sites for hydroxylation is 1. The SMILES string of the molecule is Cc1ncsc1C(=O)Nc1ccc(S(N)(=O)=O)cc1. The zero-order valence-electron chi connectivity index (χ0n) is 9.95. The lowest BCUT2D eigenvalue weighted by Gasteiger charge is -2.05. The van der Waals surface area contributed by atoms with Crippen LogP contribution in [0.15, 0.2) is 34.7 Å². The van der Waals surface area contributed by atoms with Crippen molar-refractivity contribution in [1.82, 2.24) is 4.98 Å². The summed E-state index contributed by atoms with van der Waals surface area (Å²) in [4.78, 5) is 16.4. The van der Waals surface area contributed by atoms with Crippen molar-refractivity contribution in [3.05, 3.63) is 40.3 Å². The Morgan fingerprint density at radius 3 is 2.42 bits per heavy atom. The van der Waals surface area contributed by atoms with Crippen LogP contribution in [-0.2, 0) is 10.0 Å². The predicted octanol–water partition coefficient (Wildman–Crippen LogP) is 1.35. The molecule has 0 atom stereocenters. The van der Waals surface area contributed by atoms with E-state index in [1.54, 1.807) is 12.4 Å². The van der Waals surface area contributed by atoms with Gasteiger partial charge in [-0.25, -0.2) is 18.5 Å². The number of nitrogens with zero attached hydrogens (tertiary/aromatic N) is 1. The molecule has 8 heteroatoms. The molecule has 0 unspecified atom stereocenters. The minimum atomic E-state index is -3.72. The highest BCUT2D eigenvalue weighted by Gasteiger charge is 2.12. The van der Waals surface area contributed by atoms with Crippen LogP contribution in [0.3, 0.4) is 0 Å². The third-order valence-electron chi connectivity index (χ3n) is 2.39. The molecule has 0 fully saturated rings. The highest BCUT2D eigenvalue weighted by atomic mass is 32.2. The number of primary sulfonamides is 1. The maximum absolute atomic E-state index is 11.9. The molecule has 1 amide bonds. The molecule has 1 aromatic heterocycles. The number of aromatic nitrogens is 1. The van der Waals surface area contributed by atoms with Crippen molar-refractivity contribution in [2.75, 3.05) is 5.32 Å². The van der Waals surface area contributed by atoms with E-state index in [0.29, 0.717) is 16.3 Å². The fraction of sp³-hybridized carbons (Fsp3) is 0.0909. The first-order chi connectivity index (χ1) is 8.88. The second-order valence-electron chi connectivity index (χ2n) is 3.79. The first-order valence-corrected chi connectivity index (χ1v) is 7.65. The van der Waals surface area contributed by atoms with Crippen LogP contribution < -0.4 is 10.5 Å². The lowest BCUT2D eigenvalue weighted by molar-refractivity contribution is 0.103. The lowest BCUT2D eigenvalue weighted by atomic mass is 10.3. The summed E-state index contributed by atoms with van der Waals surface area (Å²) in [5, 5.41) is 7.64. The molecule has 2 rings (SSSR count). The highest BCUT2D eigenvalue weighted by molar-refractivity contribution is 7.89. The normalized spacial score (nSPS) is 11.3. The number of hydrogen-bond acceptors (Lipinski definition) is 5. The van der Waals surface area contributed by atoms with Crippen LogP contribution in [0.1, 0.15) is 15.4 Å². The van der Waals surface area contributed by atoms with Gasteiger partial charge in [-0.1, -0.05) is 0 Å². The van der Waals surface area contributed by atoms with Gasteiger partial charge in [-0.2, -0.15) is 0 Å². The molecule has 0 aliphatic heterocycles. The van der Waals surface area contributed by atoms with Gasteiger partial charge in [0.1, 0.15) is 4.88 Å². The van der Waals surface area contributed by atoms with Gasteiger partial charge >= 0.3 is 0 Å². The van der Waals surface area contributed by atoms with Gasteiger partial charge in [0.25, 0.3) is 5.91 Å². The van der Waals surface area contributed by atoms with E-state index in [2.05, 4.69) is 10.3 Å². The molecule has 100 valence electrons. The summed E-state index contributed by atoms with van der Waals surface area (Å²) in [7, 11) is -3.72. The average molecular weight is 297 g/mol. The van der Waals surface area contributed by atoms with Gasteiger partial charge in [-0.15, -0.1) is 11.3 Å². The Kier molecular flexibility index (Phi) is 3.65. The average Bonchev–Trinajstić information content (AvgIpc) is 2.75. The number of sulfonamides is 1. The first-order valence-electron chi connectivity index (χ1n) is 5.22. The molecular formula is C11H11N3O3S2. The number of benzene rings is 1. The topological polar surface area (TPSA) is 102 Å². The number of thiazole rings is 1. The molecule has 2 aromatic rings. The van der Waals surface area contributed by atoms with E-state index in [0.717, 1.165) is 0 Å². The monoisotopic (exact) mass is 297 g/mol. The Balaban J connectivity index is 2.17. The van der Waals surface area contributed by atoms with E-state index < -0.39 is 10.0 Å². The summed E-state index contributed by atoms with van der Waals surface area (Å²) in [5.74, 6) is -0.275. The van der Waals surface area contributed by atoms with E-state index >= 15 is 0 Å². The number of nitrogens with two attached hydrogens (primary N) is 1. The third-order valence-corrected chi connectivity index (χ3v) is 4.25. The van der Waals surface area contributed by atoms with Gasteiger partial charge in [0.2, 0.25) is 10.0 Å². The molecule has 6 nitrogen and oxygen atoms in total. The molecule has 0 aliphatic carbocycles. The minimum absolute atomic E-state index is 0.000491. The fourth-order valence-electron chi connectivity index (χ4n) is 1.44. The summed E-state index contributed by atoms with van der Waals surface area (Å²) in [5.41, 5.74) is 2.74. The summed E-state index contributed by atoms with van der Waals surface area (Å²) in [6.45, 7) is 1.75. The van der Waals surface area contributed by atoms with E-state index in [1.165, 1.54) is 35.6 Å². The molecule has 0 aliphatic rings. The molecule has 0 saturated carbocycles. The van der Waals surface area contributed by atoms with Crippen LogP contribution in [0.25, 0.3) is 0 Å². The van der Waals surface area contributed by atoms with Gasteiger partial charge in [0.15, 0.2) is 0 Å². The molecule has 19 heavy (non-hydrogen) atoms. The van der Waals surface area contributed by atoms with Crippen molar-refractivity contribution in [3.63, 3.8) is 0 Å². The Labute approximate surface area is 114 Å². The van der Waals surface area contributed by atoms with Crippen molar-refractivity contribution in [1.29, 1.82) is 0 Å². The van der Waals surface area contributed by atoms with E-state index in [-0.39, 0.29) is 10.8 Å². The second-order valence-corrected chi connectivity index (χ2v) is 6.21. The van der Waals surface area contributed by atoms with Gasteiger partial charge in [-0.05, 0) is 31.2 Å². The summed E-state index contributed by atoms with van der Waals surface area (Å²) in [6.07, 6.45) is 0. The Morgan fingerprint density at radius 1 is 1.32 bits per heavy atom. The molecule has 1 aromatic carbocycles. The summed E-state index contributed by atoms with van der Waals surface area (Å²) >= 11 is 1.25. The predicted molar refractivity (Wildman–Crippen MR) is 72.6 cm³/mol. The quantitative estimate of drug-likeness (QED) is 0.892. The first kappa shape index (κ1) is 13.7. The Morgan fingerprint density at radius 2 is 1.95 bits per heavy atom. The highest BCUT2D eigenvalue weighted by Crippen LogP contribution is 2.17. The van der Waals surface area contributed by atoms with Gasteiger partial charge in [0.05, 0.1) is 16.1 Å². The molecule has 0 bridgehead atoms. The molecule has 3 N–H and O–H groups in total. The third kappa shape index (κ3) is 3.16. The van der Waals surface area contributed by atoms with Gasteiger partial charge in [0, 0.05) is 5.69 Å². The zero-order chi connectivity index (χ0) is 14.0. The van der Waals surface area contributed by atoms with Gasteiger partial charge < -0.3 is 5.32 Å². The number of anilines is 1. The number of nitrogens with one attached hydrogen (secondary N) is 1. The van der Waals surface area contributed by atoms with Crippen LogP contribution in [0.5, 0.6) is 0 Å². The fourth-order valence-corrected chi connectivity index (χ4v) is 2.65. The molecule has 0 radical (unpaired) electrons. The summed E-state index contributed by atoms with van der Waals surface area (Å²) < 4.78 is 22.2. The molecule has 1 heterocycles. The number of carbonyl (C=O) groups is 1. The maximum atomic E-state index is 11.9. The van der Waals surface area contributed by atoms with Crippen molar-refractivity contribution >= 4 is 33.0 Å². The van der Waals surface area contributed by atoms with Crippen molar-refractivity contribution in [3.8, 4) is 0 Å². The molecule has 0 spiro atoms. The smallest absolute Gasteiger partial charge is 0.267 e. The molecule has 0 saturated heterocycles. The number of amides is 1. The Hall–Kier alpha value is -1.77. The van der Waals surface area contributed by atoms with Crippen LogP contribution >= 0.6 is 11.3 Å². The van der Waals surface area contributed by atoms with Crippen LogP contribution in [-0.4, -0.2) is 19.3 Å².